The van der Waals surface area contributed by atoms with Crippen LogP contribution in [0, 0.1) is 0 Å². The summed E-state index contributed by atoms with van der Waals surface area (Å²) >= 11 is 2.02. The largest absolute Gasteiger partial charge is 0.379 e. The number of carbonyl (C=O) groups excluding carboxylic acids is 1. The van der Waals surface area contributed by atoms with Crippen molar-refractivity contribution in [3.8, 4) is 0 Å². The molecular formula is C23H29N3O4S2. The highest BCUT2D eigenvalue weighted by molar-refractivity contribution is 7.99. The highest BCUT2D eigenvalue weighted by Crippen LogP contribution is 2.19. The third kappa shape index (κ3) is 5.90. The van der Waals surface area contributed by atoms with Gasteiger partial charge in [0.15, 0.2) is 0 Å². The predicted molar refractivity (Wildman–Crippen MR) is 128 cm³/mol. The second-order valence-corrected chi connectivity index (χ2v) is 11.1. The fourth-order valence-electron chi connectivity index (χ4n) is 3.78. The molecule has 1 amide bonds. The zero-order chi connectivity index (χ0) is 22.4. The van der Waals surface area contributed by atoms with Gasteiger partial charge in [0.2, 0.25) is 10.0 Å². The lowest BCUT2D eigenvalue weighted by molar-refractivity contribution is 0.0730. The Morgan fingerprint density at radius 3 is 2.25 bits per heavy atom. The molecular weight excluding hydrogens is 446 g/mol. The van der Waals surface area contributed by atoms with Gasteiger partial charge in [0.25, 0.3) is 5.91 Å². The van der Waals surface area contributed by atoms with Crippen molar-refractivity contribution < 1.29 is 17.9 Å². The van der Waals surface area contributed by atoms with Gasteiger partial charge in [0.1, 0.15) is 0 Å². The van der Waals surface area contributed by atoms with Gasteiger partial charge < -0.3 is 15.0 Å². The molecule has 172 valence electrons. The van der Waals surface area contributed by atoms with Crippen molar-refractivity contribution in [1.82, 2.24) is 9.21 Å². The monoisotopic (exact) mass is 475 g/mol. The Morgan fingerprint density at radius 2 is 1.59 bits per heavy atom. The second kappa shape index (κ2) is 10.8. The first kappa shape index (κ1) is 23.3. The van der Waals surface area contributed by atoms with E-state index in [2.05, 4.69) is 10.2 Å². The predicted octanol–water partition coefficient (Wildman–Crippen LogP) is 2.55. The molecule has 4 rings (SSSR count). The van der Waals surface area contributed by atoms with E-state index in [4.69, 9.17) is 4.74 Å². The lowest BCUT2D eigenvalue weighted by Crippen LogP contribution is -2.40. The van der Waals surface area contributed by atoms with Crippen LogP contribution < -0.4 is 5.32 Å². The van der Waals surface area contributed by atoms with Gasteiger partial charge in [-0.05, 0) is 48.4 Å². The zero-order valence-corrected chi connectivity index (χ0v) is 19.7. The molecule has 2 aromatic rings. The summed E-state index contributed by atoms with van der Waals surface area (Å²) in [6, 6.07) is 14.0. The highest BCUT2D eigenvalue weighted by atomic mass is 32.2. The van der Waals surface area contributed by atoms with Crippen LogP contribution in [0.1, 0.15) is 15.9 Å². The molecule has 32 heavy (non-hydrogen) atoms. The SMILES string of the molecule is O=C(Nc1ccc(CCN2CCSCC2)cc1)c1ccc(S(=O)(=O)N2CCOCC2)cc1. The third-order valence-electron chi connectivity index (χ3n) is 5.76. The zero-order valence-electron chi connectivity index (χ0n) is 18.0. The molecule has 0 atom stereocenters. The molecule has 0 unspecified atom stereocenters. The molecule has 9 heteroatoms. The van der Waals surface area contributed by atoms with Crippen LogP contribution in [0.15, 0.2) is 53.4 Å². The van der Waals surface area contributed by atoms with E-state index in [1.54, 1.807) is 12.1 Å². The number of morpholine rings is 1. The Kier molecular flexibility index (Phi) is 7.85. The minimum absolute atomic E-state index is 0.188. The van der Waals surface area contributed by atoms with Crippen molar-refractivity contribution >= 4 is 33.4 Å². The van der Waals surface area contributed by atoms with Crippen molar-refractivity contribution in [3.05, 3.63) is 59.7 Å². The van der Waals surface area contributed by atoms with Crippen molar-refractivity contribution in [3.63, 3.8) is 0 Å². The van der Waals surface area contributed by atoms with Crippen LogP contribution in [0.25, 0.3) is 0 Å². The minimum Gasteiger partial charge on any atom is -0.379 e. The van der Waals surface area contributed by atoms with Crippen LogP contribution in [0.5, 0.6) is 0 Å². The molecule has 2 aliphatic rings. The lowest BCUT2D eigenvalue weighted by atomic mass is 10.1. The van der Waals surface area contributed by atoms with Gasteiger partial charge in [-0.3, -0.25) is 4.79 Å². The van der Waals surface area contributed by atoms with Crippen LogP contribution in [-0.2, 0) is 21.2 Å². The lowest BCUT2D eigenvalue weighted by Gasteiger charge is -2.26. The van der Waals surface area contributed by atoms with Gasteiger partial charge >= 0.3 is 0 Å². The number of anilines is 1. The van der Waals surface area contributed by atoms with E-state index in [9.17, 15) is 13.2 Å². The Bertz CT molecular complexity index is 999. The van der Waals surface area contributed by atoms with Crippen molar-refractivity contribution in [2.45, 2.75) is 11.3 Å². The normalized spacial score (nSPS) is 18.4. The summed E-state index contributed by atoms with van der Waals surface area (Å²) in [7, 11) is -3.56. The van der Waals surface area contributed by atoms with Gasteiger partial charge in [-0.15, -0.1) is 0 Å². The fourth-order valence-corrected chi connectivity index (χ4v) is 6.17. The van der Waals surface area contributed by atoms with Gasteiger partial charge in [-0.2, -0.15) is 16.1 Å². The van der Waals surface area contributed by atoms with E-state index >= 15 is 0 Å². The first-order chi connectivity index (χ1) is 15.5. The van der Waals surface area contributed by atoms with Gasteiger partial charge in [0, 0.05) is 55.5 Å². The summed E-state index contributed by atoms with van der Waals surface area (Å²) in [6.07, 6.45) is 0.998. The molecule has 0 aromatic heterocycles. The Morgan fingerprint density at radius 1 is 0.938 bits per heavy atom. The molecule has 2 aliphatic heterocycles. The van der Waals surface area contributed by atoms with Crippen LogP contribution in [-0.4, -0.2) is 81.0 Å². The first-order valence-electron chi connectivity index (χ1n) is 10.9. The van der Waals surface area contributed by atoms with E-state index in [1.807, 2.05) is 36.0 Å². The second-order valence-electron chi connectivity index (χ2n) is 7.90. The maximum Gasteiger partial charge on any atom is 0.255 e. The molecule has 0 spiro atoms. The van der Waals surface area contributed by atoms with E-state index in [0.29, 0.717) is 31.9 Å². The summed E-state index contributed by atoms with van der Waals surface area (Å²) in [6.45, 7) is 4.86. The summed E-state index contributed by atoms with van der Waals surface area (Å²) in [5.41, 5.74) is 2.38. The number of nitrogens with one attached hydrogen (secondary N) is 1. The molecule has 7 nitrogen and oxygen atoms in total. The highest BCUT2D eigenvalue weighted by Gasteiger charge is 2.26. The van der Waals surface area contributed by atoms with Gasteiger partial charge in [-0.25, -0.2) is 8.42 Å². The minimum atomic E-state index is -3.56. The Labute approximate surface area is 194 Å². The van der Waals surface area contributed by atoms with E-state index < -0.39 is 10.0 Å². The average Bonchev–Trinajstić information content (AvgIpc) is 2.85. The van der Waals surface area contributed by atoms with Crippen LogP contribution in [0.4, 0.5) is 5.69 Å². The van der Waals surface area contributed by atoms with Crippen LogP contribution >= 0.6 is 11.8 Å². The summed E-state index contributed by atoms with van der Waals surface area (Å²) < 4.78 is 32.1. The quantitative estimate of drug-likeness (QED) is 0.663. The molecule has 1 N–H and O–H groups in total. The van der Waals surface area contributed by atoms with E-state index in [-0.39, 0.29) is 10.8 Å². The topological polar surface area (TPSA) is 79.0 Å². The Balaban J connectivity index is 1.32. The average molecular weight is 476 g/mol. The number of ether oxygens (including phenoxy) is 1. The number of benzene rings is 2. The van der Waals surface area contributed by atoms with Crippen LogP contribution in [0.2, 0.25) is 0 Å². The Hall–Kier alpha value is -1.91. The summed E-state index contributed by atoms with van der Waals surface area (Å²) in [5, 5.41) is 2.88. The van der Waals surface area contributed by atoms with Gasteiger partial charge in [-0.1, -0.05) is 12.1 Å². The summed E-state index contributed by atoms with van der Waals surface area (Å²) in [4.78, 5) is 15.3. The van der Waals surface area contributed by atoms with Crippen molar-refractivity contribution in [2.75, 3.05) is 62.8 Å². The summed E-state index contributed by atoms with van der Waals surface area (Å²) in [5.74, 6) is 2.16. The number of sulfonamides is 1. The molecule has 0 aliphatic carbocycles. The van der Waals surface area contributed by atoms with Crippen molar-refractivity contribution in [1.29, 1.82) is 0 Å². The molecule has 2 fully saturated rings. The molecule has 0 saturated carbocycles. The van der Waals surface area contributed by atoms with E-state index in [0.717, 1.165) is 31.7 Å². The number of thioether (sulfide) groups is 1. The number of amides is 1. The number of rotatable bonds is 7. The standard InChI is InChI=1S/C23H29N3O4S2/c27-23(20-3-7-22(8-4-20)32(28,29)26-11-15-30-16-12-26)24-21-5-1-19(2-6-21)9-10-25-13-17-31-18-14-25/h1-8H,9-18H2,(H,24,27). The third-order valence-corrected chi connectivity index (χ3v) is 8.61. The smallest absolute Gasteiger partial charge is 0.255 e. The number of hydrogen-bond donors (Lipinski definition) is 1. The molecule has 2 heterocycles. The van der Waals surface area contributed by atoms with Gasteiger partial charge in [0.05, 0.1) is 18.1 Å². The van der Waals surface area contributed by atoms with Crippen molar-refractivity contribution in [2.24, 2.45) is 0 Å². The maximum atomic E-state index is 12.7. The number of hydrogen-bond acceptors (Lipinski definition) is 6. The molecule has 0 bridgehead atoms. The molecule has 2 aromatic carbocycles. The number of carbonyl (C=O) groups is 1. The fraction of sp³-hybridized carbons (Fsp3) is 0.435. The number of nitrogens with zero attached hydrogens (tertiary/aromatic N) is 2. The maximum absolute atomic E-state index is 12.7. The van der Waals surface area contributed by atoms with Crippen LogP contribution in [0.3, 0.4) is 0 Å². The first-order valence-corrected chi connectivity index (χ1v) is 13.5. The molecule has 0 radical (unpaired) electrons. The van der Waals surface area contributed by atoms with E-state index in [1.165, 1.54) is 33.5 Å². The molecule has 2 saturated heterocycles.